The van der Waals surface area contributed by atoms with E-state index in [9.17, 15) is 0 Å². The zero-order chi connectivity index (χ0) is 12.8. The molecule has 0 spiro atoms. The van der Waals surface area contributed by atoms with Crippen molar-refractivity contribution < 1.29 is 4.74 Å². The second-order valence-electron chi connectivity index (χ2n) is 6.76. The van der Waals surface area contributed by atoms with Gasteiger partial charge in [0.25, 0.3) is 0 Å². The van der Waals surface area contributed by atoms with Gasteiger partial charge in [0.15, 0.2) is 0 Å². The van der Waals surface area contributed by atoms with Crippen molar-refractivity contribution in [2.75, 3.05) is 6.61 Å². The first-order valence-corrected chi connectivity index (χ1v) is 7.78. The topological polar surface area (TPSA) is 35.2 Å². The van der Waals surface area contributed by atoms with Crippen LogP contribution in [0.5, 0.6) is 5.75 Å². The third kappa shape index (κ3) is 2.16. The summed E-state index contributed by atoms with van der Waals surface area (Å²) in [6, 6.07) is 8.89. The molecule has 1 heterocycles. The van der Waals surface area contributed by atoms with Crippen molar-refractivity contribution >= 4 is 0 Å². The third-order valence-corrected chi connectivity index (χ3v) is 5.52. The molecule has 2 nitrogen and oxygen atoms in total. The lowest BCUT2D eigenvalue weighted by Crippen LogP contribution is -2.32. The Bertz CT molecular complexity index is 462. The molecule has 4 atom stereocenters. The van der Waals surface area contributed by atoms with Gasteiger partial charge in [-0.15, -0.1) is 0 Å². The van der Waals surface area contributed by atoms with Gasteiger partial charge in [0, 0.05) is 6.04 Å². The van der Waals surface area contributed by atoms with Gasteiger partial charge in [-0.25, -0.2) is 0 Å². The largest absolute Gasteiger partial charge is 0.493 e. The number of nitrogens with two attached hydrogens (primary N) is 1. The molecule has 102 valence electrons. The highest BCUT2D eigenvalue weighted by atomic mass is 16.5. The first-order valence-electron chi connectivity index (χ1n) is 7.78. The fourth-order valence-corrected chi connectivity index (χ4v) is 4.29. The number of rotatable bonds is 3. The predicted molar refractivity (Wildman–Crippen MR) is 76.2 cm³/mol. The Balaban J connectivity index is 1.45. The molecule has 19 heavy (non-hydrogen) atoms. The summed E-state index contributed by atoms with van der Waals surface area (Å²) in [6.45, 7) is 0.852. The Labute approximate surface area is 115 Å². The number of benzene rings is 1. The summed E-state index contributed by atoms with van der Waals surface area (Å²) < 4.78 is 5.74. The molecule has 0 saturated heterocycles. The number of para-hydroxylation sites is 1. The summed E-state index contributed by atoms with van der Waals surface area (Å²) in [5, 5.41) is 0. The van der Waals surface area contributed by atoms with Crippen molar-refractivity contribution in [2.24, 2.45) is 23.5 Å². The first-order chi connectivity index (χ1) is 9.31. The average molecular weight is 257 g/mol. The highest BCUT2D eigenvalue weighted by Crippen LogP contribution is 2.55. The van der Waals surface area contributed by atoms with Crippen molar-refractivity contribution in [1.82, 2.24) is 0 Å². The molecule has 4 unspecified atom stereocenters. The minimum Gasteiger partial charge on any atom is -0.493 e. The Morgan fingerprint density at radius 1 is 1.16 bits per heavy atom. The average Bonchev–Trinajstić information content (AvgIpc) is 3.05. The van der Waals surface area contributed by atoms with Crippen LogP contribution in [0.4, 0.5) is 0 Å². The van der Waals surface area contributed by atoms with Crippen molar-refractivity contribution in [3.05, 3.63) is 29.8 Å². The molecular formula is C17H23NO. The number of fused-ring (bicyclic) bond motifs is 2. The molecule has 2 fully saturated rings. The second kappa shape index (κ2) is 4.52. The Morgan fingerprint density at radius 2 is 1.95 bits per heavy atom. The van der Waals surface area contributed by atoms with E-state index < -0.39 is 0 Å². The number of hydrogen-bond acceptors (Lipinski definition) is 2. The van der Waals surface area contributed by atoms with E-state index in [4.69, 9.17) is 10.5 Å². The lowest BCUT2D eigenvalue weighted by atomic mass is 9.82. The Kier molecular flexibility index (Phi) is 2.80. The minimum atomic E-state index is 0.393. The molecule has 2 N–H and O–H groups in total. The molecule has 0 radical (unpaired) electrons. The van der Waals surface area contributed by atoms with Crippen molar-refractivity contribution in [2.45, 2.75) is 44.1 Å². The quantitative estimate of drug-likeness (QED) is 0.901. The smallest absolute Gasteiger partial charge is 0.122 e. The van der Waals surface area contributed by atoms with Crippen LogP contribution < -0.4 is 10.5 Å². The van der Waals surface area contributed by atoms with E-state index in [-0.39, 0.29) is 0 Å². The molecule has 2 aliphatic carbocycles. The lowest BCUT2D eigenvalue weighted by Gasteiger charge is -2.30. The number of hydrogen-bond donors (Lipinski definition) is 1. The van der Waals surface area contributed by atoms with Gasteiger partial charge in [0.2, 0.25) is 0 Å². The Morgan fingerprint density at radius 3 is 2.79 bits per heavy atom. The first kappa shape index (κ1) is 11.8. The van der Waals surface area contributed by atoms with Crippen molar-refractivity contribution in [1.29, 1.82) is 0 Å². The van der Waals surface area contributed by atoms with Crippen molar-refractivity contribution in [3.63, 3.8) is 0 Å². The SMILES string of the molecule is NC(CC1CCOc2ccccc21)C1CC2CC2C1. The summed E-state index contributed by atoms with van der Waals surface area (Å²) in [5.74, 6) is 4.56. The normalized spacial score (nSPS) is 37.1. The van der Waals surface area contributed by atoms with Crippen LogP contribution in [0.2, 0.25) is 0 Å². The molecular weight excluding hydrogens is 234 g/mol. The van der Waals surface area contributed by atoms with Gasteiger partial charge in [-0.05, 0) is 67.4 Å². The van der Waals surface area contributed by atoms with Crippen LogP contribution in [0.3, 0.4) is 0 Å². The monoisotopic (exact) mass is 257 g/mol. The van der Waals surface area contributed by atoms with Crippen LogP contribution in [0, 0.1) is 17.8 Å². The van der Waals surface area contributed by atoms with Crippen molar-refractivity contribution in [3.8, 4) is 5.75 Å². The summed E-state index contributed by atoms with van der Waals surface area (Å²) in [5.41, 5.74) is 7.89. The van der Waals surface area contributed by atoms with Crippen LogP contribution in [0.1, 0.15) is 43.6 Å². The van der Waals surface area contributed by atoms with E-state index in [0.29, 0.717) is 12.0 Å². The van der Waals surface area contributed by atoms with E-state index in [2.05, 4.69) is 24.3 Å². The van der Waals surface area contributed by atoms with E-state index in [1.807, 2.05) is 0 Å². The summed E-state index contributed by atoms with van der Waals surface area (Å²) in [4.78, 5) is 0. The van der Waals surface area contributed by atoms with Gasteiger partial charge in [0.05, 0.1) is 6.61 Å². The van der Waals surface area contributed by atoms with Crippen LogP contribution in [-0.4, -0.2) is 12.6 Å². The zero-order valence-electron chi connectivity index (χ0n) is 11.4. The number of ether oxygens (including phenoxy) is 1. The Hall–Kier alpha value is -1.02. The van der Waals surface area contributed by atoms with E-state index in [0.717, 1.165) is 43.0 Å². The van der Waals surface area contributed by atoms with Crippen LogP contribution in [0.15, 0.2) is 24.3 Å². The molecule has 1 aliphatic heterocycles. The molecule has 0 bridgehead atoms. The van der Waals surface area contributed by atoms with Gasteiger partial charge in [-0.3, -0.25) is 0 Å². The fraction of sp³-hybridized carbons (Fsp3) is 0.647. The molecule has 1 aromatic carbocycles. The standard InChI is InChI=1S/C17H23NO/c18-16(14-8-12-7-13(12)9-14)10-11-5-6-19-17-4-2-1-3-15(11)17/h1-4,11-14,16H,5-10,18H2. The summed E-state index contributed by atoms with van der Waals surface area (Å²) in [6.07, 6.45) is 6.56. The molecule has 2 heteroatoms. The minimum absolute atomic E-state index is 0.393. The van der Waals surface area contributed by atoms with E-state index in [1.54, 1.807) is 0 Å². The fourth-order valence-electron chi connectivity index (χ4n) is 4.29. The predicted octanol–water partition coefficient (Wildman–Crippen LogP) is 3.32. The lowest BCUT2D eigenvalue weighted by molar-refractivity contribution is 0.248. The zero-order valence-corrected chi connectivity index (χ0v) is 11.4. The van der Waals surface area contributed by atoms with Crippen LogP contribution >= 0.6 is 0 Å². The molecule has 1 aromatic rings. The maximum absolute atomic E-state index is 6.51. The molecule has 3 aliphatic rings. The molecule has 0 aromatic heterocycles. The molecule has 2 saturated carbocycles. The van der Waals surface area contributed by atoms with Gasteiger partial charge in [-0.2, -0.15) is 0 Å². The van der Waals surface area contributed by atoms with Crippen LogP contribution in [-0.2, 0) is 0 Å². The van der Waals surface area contributed by atoms with Gasteiger partial charge < -0.3 is 10.5 Å². The summed E-state index contributed by atoms with van der Waals surface area (Å²) in [7, 11) is 0. The van der Waals surface area contributed by atoms with E-state index in [1.165, 1.54) is 24.8 Å². The molecule has 0 amide bonds. The third-order valence-electron chi connectivity index (χ3n) is 5.52. The molecule has 4 rings (SSSR count). The maximum atomic E-state index is 6.51. The van der Waals surface area contributed by atoms with Crippen LogP contribution in [0.25, 0.3) is 0 Å². The highest BCUT2D eigenvalue weighted by molar-refractivity contribution is 5.37. The second-order valence-corrected chi connectivity index (χ2v) is 6.76. The van der Waals surface area contributed by atoms with E-state index >= 15 is 0 Å². The maximum Gasteiger partial charge on any atom is 0.122 e. The van der Waals surface area contributed by atoms with Gasteiger partial charge in [-0.1, -0.05) is 18.2 Å². The van der Waals surface area contributed by atoms with Gasteiger partial charge in [0.1, 0.15) is 5.75 Å². The van der Waals surface area contributed by atoms with Gasteiger partial charge >= 0.3 is 0 Å². The summed E-state index contributed by atoms with van der Waals surface area (Å²) >= 11 is 0. The highest BCUT2D eigenvalue weighted by Gasteiger charge is 2.47.